The Bertz CT molecular complexity index is 148. The number of carboxylic acids is 1. The second-order valence-corrected chi connectivity index (χ2v) is 3.15. The number of hydrogen-bond acceptors (Lipinski definition) is 1. The molecule has 1 atom stereocenters. The van der Waals surface area contributed by atoms with E-state index in [0.29, 0.717) is 12.3 Å². The van der Waals surface area contributed by atoms with Crippen molar-refractivity contribution in [3.63, 3.8) is 0 Å². The zero-order valence-electron chi connectivity index (χ0n) is 7.37. The van der Waals surface area contributed by atoms with E-state index in [-0.39, 0.29) is 5.92 Å². The summed E-state index contributed by atoms with van der Waals surface area (Å²) in [5.41, 5.74) is 0. The molecule has 0 aliphatic rings. The second-order valence-electron chi connectivity index (χ2n) is 3.15. The van der Waals surface area contributed by atoms with Gasteiger partial charge in [-0.3, -0.25) is 4.79 Å². The maximum Gasteiger partial charge on any atom is 0.306 e. The van der Waals surface area contributed by atoms with Crippen LogP contribution < -0.4 is 0 Å². The van der Waals surface area contributed by atoms with Crippen LogP contribution in [0.3, 0.4) is 0 Å². The smallest absolute Gasteiger partial charge is 0.306 e. The third kappa shape index (κ3) is 5.64. The van der Waals surface area contributed by atoms with E-state index >= 15 is 0 Å². The number of carboxylic acid groups (broad SMARTS) is 1. The summed E-state index contributed by atoms with van der Waals surface area (Å²) in [6.45, 7) is 5.86. The van der Waals surface area contributed by atoms with Gasteiger partial charge in [0.2, 0.25) is 0 Å². The number of aliphatic carboxylic acids is 1. The highest BCUT2D eigenvalue weighted by Gasteiger charge is 2.07. The monoisotopic (exact) mass is 156 g/mol. The van der Waals surface area contributed by atoms with Crippen LogP contribution in [0.5, 0.6) is 0 Å². The zero-order valence-corrected chi connectivity index (χ0v) is 7.37. The molecule has 0 aliphatic carbocycles. The fraction of sp³-hybridized carbons (Fsp3) is 0.667. The summed E-state index contributed by atoms with van der Waals surface area (Å²) < 4.78 is 0. The van der Waals surface area contributed by atoms with Crippen LogP contribution in [0.15, 0.2) is 12.2 Å². The molecule has 0 amide bonds. The SMILES string of the molecule is CC(C)/C=C/C[C@H](C)C(=O)O. The number of allylic oxidation sites excluding steroid dienone is 2. The topological polar surface area (TPSA) is 37.3 Å². The molecule has 0 unspecified atom stereocenters. The first-order valence-electron chi connectivity index (χ1n) is 3.93. The normalized spacial score (nSPS) is 14.2. The molecule has 0 rings (SSSR count). The van der Waals surface area contributed by atoms with Crippen molar-refractivity contribution < 1.29 is 9.90 Å². The lowest BCUT2D eigenvalue weighted by Gasteiger charge is -2.00. The van der Waals surface area contributed by atoms with Crippen molar-refractivity contribution in [2.24, 2.45) is 11.8 Å². The molecule has 0 radical (unpaired) electrons. The van der Waals surface area contributed by atoms with Gasteiger partial charge in [-0.05, 0) is 12.3 Å². The Hall–Kier alpha value is -0.790. The van der Waals surface area contributed by atoms with E-state index in [2.05, 4.69) is 13.8 Å². The minimum Gasteiger partial charge on any atom is -0.481 e. The van der Waals surface area contributed by atoms with Crippen LogP contribution in [0.1, 0.15) is 27.2 Å². The van der Waals surface area contributed by atoms with Crippen molar-refractivity contribution >= 4 is 5.97 Å². The van der Waals surface area contributed by atoms with Gasteiger partial charge in [-0.25, -0.2) is 0 Å². The zero-order chi connectivity index (χ0) is 8.85. The fourth-order valence-corrected chi connectivity index (χ4v) is 0.656. The van der Waals surface area contributed by atoms with Gasteiger partial charge in [0.25, 0.3) is 0 Å². The second kappa shape index (κ2) is 4.94. The first-order valence-corrected chi connectivity index (χ1v) is 3.93. The van der Waals surface area contributed by atoms with Crippen molar-refractivity contribution in [3.05, 3.63) is 12.2 Å². The predicted molar refractivity (Wildman–Crippen MR) is 45.4 cm³/mol. The Labute approximate surface area is 67.9 Å². The van der Waals surface area contributed by atoms with Crippen LogP contribution in [0.2, 0.25) is 0 Å². The standard InChI is InChI=1S/C9H16O2/c1-7(2)5-4-6-8(3)9(10)11/h4-5,7-8H,6H2,1-3H3,(H,10,11)/b5-4+/t8-/m0/s1. The maximum atomic E-state index is 10.3. The van der Waals surface area contributed by atoms with Gasteiger partial charge in [0.1, 0.15) is 0 Å². The van der Waals surface area contributed by atoms with Crippen LogP contribution in [0.4, 0.5) is 0 Å². The van der Waals surface area contributed by atoms with Crippen molar-refractivity contribution in [1.82, 2.24) is 0 Å². The Morgan fingerprint density at radius 2 is 2.00 bits per heavy atom. The Morgan fingerprint density at radius 3 is 2.36 bits per heavy atom. The summed E-state index contributed by atoms with van der Waals surface area (Å²) in [6, 6.07) is 0. The summed E-state index contributed by atoms with van der Waals surface area (Å²) in [4.78, 5) is 10.3. The molecule has 0 saturated heterocycles. The van der Waals surface area contributed by atoms with Crippen molar-refractivity contribution in [3.8, 4) is 0 Å². The lowest BCUT2D eigenvalue weighted by Crippen LogP contribution is -2.07. The van der Waals surface area contributed by atoms with Crippen LogP contribution in [-0.2, 0) is 4.79 Å². The van der Waals surface area contributed by atoms with E-state index in [9.17, 15) is 4.79 Å². The van der Waals surface area contributed by atoms with Gasteiger partial charge >= 0.3 is 5.97 Å². The van der Waals surface area contributed by atoms with Crippen molar-refractivity contribution in [2.75, 3.05) is 0 Å². The van der Waals surface area contributed by atoms with Crippen LogP contribution >= 0.6 is 0 Å². The predicted octanol–water partition coefficient (Wildman–Crippen LogP) is 2.31. The third-order valence-electron chi connectivity index (χ3n) is 1.43. The molecule has 0 aromatic heterocycles. The molecule has 0 aliphatic heterocycles. The fourth-order valence-electron chi connectivity index (χ4n) is 0.656. The molecular weight excluding hydrogens is 140 g/mol. The highest BCUT2D eigenvalue weighted by atomic mass is 16.4. The van der Waals surface area contributed by atoms with E-state index in [4.69, 9.17) is 5.11 Å². The van der Waals surface area contributed by atoms with Gasteiger partial charge in [-0.15, -0.1) is 0 Å². The number of hydrogen-bond donors (Lipinski definition) is 1. The molecule has 0 saturated carbocycles. The summed E-state index contributed by atoms with van der Waals surface area (Å²) in [7, 11) is 0. The highest BCUT2D eigenvalue weighted by Crippen LogP contribution is 2.04. The van der Waals surface area contributed by atoms with Crippen molar-refractivity contribution in [2.45, 2.75) is 27.2 Å². The van der Waals surface area contributed by atoms with E-state index in [1.165, 1.54) is 0 Å². The molecule has 0 fully saturated rings. The van der Waals surface area contributed by atoms with Gasteiger partial charge < -0.3 is 5.11 Å². The number of carbonyl (C=O) groups is 1. The Morgan fingerprint density at radius 1 is 1.45 bits per heavy atom. The van der Waals surface area contributed by atoms with E-state index in [1.54, 1.807) is 6.92 Å². The largest absolute Gasteiger partial charge is 0.481 e. The van der Waals surface area contributed by atoms with E-state index in [0.717, 1.165) is 0 Å². The van der Waals surface area contributed by atoms with Gasteiger partial charge in [0.05, 0.1) is 5.92 Å². The Kier molecular flexibility index (Phi) is 4.59. The van der Waals surface area contributed by atoms with Crippen LogP contribution in [0.25, 0.3) is 0 Å². The summed E-state index contributed by atoms with van der Waals surface area (Å²) in [5, 5.41) is 8.51. The number of rotatable bonds is 4. The maximum absolute atomic E-state index is 10.3. The molecule has 0 heterocycles. The van der Waals surface area contributed by atoms with Gasteiger partial charge in [-0.2, -0.15) is 0 Å². The average Bonchev–Trinajstić information content (AvgIpc) is 1.86. The minimum atomic E-state index is -0.724. The van der Waals surface area contributed by atoms with Gasteiger partial charge in [0.15, 0.2) is 0 Å². The van der Waals surface area contributed by atoms with E-state index < -0.39 is 5.97 Å². The van der Waals surface area contributed by atoms with Gasteiger partial charge in [0, 0.05) is 0 Å². The minimum absolute atomic E-state index is 0.259. The Balaban J connectivity index is 3.61. The van der Waals surface area contributed by atoms with Crippen molar-refractivity contribution in [1.29, 1.82) is 0 Å². The summed E-state index contributed by atoms with van der Waals surface area (Å²) >= 11 is 0. The molecule has 64 valence electrons. The van der Waals surface area contributed by atoms with Crippen LogP contribution in [-0.4, -0.2) is 11.1 Å². The van der Waals surface area contributed by atoms with E-state index in [1.807, 2.05) is 12.2 Å². The lowest BCUT2D eigenvalue weighted by molar-refractivity contribution is -0.140. The molecule has 2 nitrogen and oxygen atoms in total. The third-order valence-corrected chi connectivity index (χ3v) is 1.43. The first kappa shape index (κ1) is 10.2. The molecule has 0 aromatic carbocycles. The quantitative estimate of drug-likeness (QED) is 0.634. The molecule has 0 bridgehead atoms. The molecule has 0 spiro atoms. The molecule has 0 aromatic rings. The van der Waals surface area contributed by atoms with Crippen LogP contribution in [0, 0.1) is 11.8 Å². The lowest BCUT2D eigenvalue weighted by atomic mass is 10.1. The summed E-state index contributed by atoms with van der Waals surface area (Å²) in [5.74, 6) is -0.473. The molecular formula is C9H16O2. The van der Waals surface area contributed by atoms with Gasteiger partial charge in [-0.1, -0.05) is 32.9 Å². The average molecular weight is 156 g/mol. The summed E-state index contributed by atoms with van der Waals surface area (Å²) in [6.07, 6.45) is 4.59. The molecule has 1 N–H and O–H groups in total. The first-order chi connectivity index (χ1) is 5.04. The highest BCUT2D eigenvalue weighted by molar-refractivity contribution is 5.69. The molecule has 2 heteroatoms. The molecule has 11 heavy (non-hydrogen) atoms.